The van der Waals surface area contributed by atoms with Gasteiger partial charge in [-0.25, -0.2) is 0 Å². The fraction of sp³-hybridized carbons (Fsp3) is 0.381. The maximum atomic E-state index is 12.2. The number of benzene rings is 1. The van der Waals surface area contributed by atoms with Crippen LogP contribution >= 0.6 is 11.7 Å². The van der Waals surface area contributed by atoms with Crippen molar-refractivity contribution in [2.75, 3.05) is 24.7 Å². The Balaban J connectivity index is 1.84. The number of furan rings is 1. The Labute approximate surface area is 175 Å². The summed E-state index contributed by atoms with van der Waals surface area (Å²) >= 11 is 1.12. The van der Waals surface area contributed by atoms with Crippen LogP contribution in [0.2, 0.25) is 0 Å². The van der Waals surface area contributed by atoms with Crippen molar-refractivity contribution < 1.29 is 9.21 Å². The van der Waals surface area contributed by atoms with E-state index in [0.29, 0.717) is 17.2 Å². The Kier molecular flexibility index (Phi) is 5.93. The molecule has 2 N–H and O–H groups in total. The maximum absolute atomic E-state index is 12.2. The fourth-order valence-corrected chi connectivity index (χ4v) is 3.43. The number of nitrogens with one attached hydrogen (secondary N) is 2. The topological polar surface area (TPSA) is 83.3 Å². The molecule has 0 fully saturated rings. The summed E-state index contributed by atoms with van der Waals surface area (Å²) in [5.74, 6) is 2.93. The van der Waals surface area contributed by atoms with Gasteiger partial charge in [-0.1, -0.05) is 26.8 Å². The molecule has 0 unspecified atom stereocenters. The van der Waals surface area contributed by atoms with E-state index in [2.05, 4.69) is 40.2 Å². The predicted molar refractivity (Wildman–Crippen MR) is 117 cm³/mol. The Morgan fingerprint density at radius 3 is 2.48 bits per heavy atom. The molecular weight excluding hydrogens is 386 g/mol. The molecule has 0 saturated heterocycles. The van der Waals surface area contributed by atoms with Crippen LogP contribution in [0, 0.1) is 12.3 Å². The van der Waals surface area contributed by atoms with Crippen LogP contribution in [-0.2, 0) is 0 Å². The van der Waals surface area contributed by atoms with Gasteiger partial charge in [-0.2, -0.15) is 8.75 Å². The molecule has 29 heavy (non-hydrogen) atoms. The zero-order chi connectivity index (χ0) is 21.2. The standard InChI is InChI=1S/C21H27N5O2S/c1-13-10-11-16(28-13)17(21(2,3)4)23-19-18(24-29-25-19)22-15-9-7-8-14(12-15)20(27)26(5)6/h7-12,17H,1-6H3,(H,22,24)(H,23,25)/t17-/m0/s1. The second-order valence-electron chi connectivity index (χ2n) is 8.26. The van der Waals surface area contributed by atoms with Crippen LogP contribution in [-0.4, -0.2) is 33.6 Å². The molecule has 0 aliphatic carbocycles. The summed E-state index contributed by atoms with van der Waals surface area (Å²) < 4.78 is 14.7. The molecule has 0 bridgehead atoms. The summed E-state index contributed by atoms with van der Waals surface area (Å²) in [7, 11) is 3.47. The molecule has 2 heterocycles. The molecule has 0 radical (unpaired) electrons. The Morgan fingerprint density at radius 2 is 1.86 bits per heavy atom. The lowest BCUT2D eigenvalue weighted by molar-refractivity contribution is 0.0827. The second kappa shape index (κ2) is 8.24. The molecule has 1 aromatic carbocycles. The van der Waals surface area contributed by atoms with E-state index in [1.807, 2.05) is 37.3 Å². The summed E-state index contributed by atoms with van der Waals surface area (Å²) in [5.41, 5.74) is 1.27. The number of hydrogen-bond acceptors (Lipinski definition) is 7. The first-order valence-electron chi connectivity index (χ1n) is 9.39. The van der Waals surface area contributed by atoms with Crippen molar-refractivity contribution in [1.82, 2.24) is 13.6 Å². The predicted octanol–water partition coefficient (Wildman–Crippen LogP) is 5.08. The first kappa shape index (κ1) is 20.9. The van der Waals surface area contributed by atoms with Gasteiger partial charge in [-0.3, -0.25) is 4.79 Å². The van der Waals surface area contributed by atoms with Crippen LogP contribution < -0.4 is 10.6 Å². The van der Waals surface area contributed by atoms with E-state index in [1.165, 1.54) is 0 Å². The van der Waals surface area contributed by atoms with Gasteiger partial charge in [0, 0.05) is 25.3 Å². The third-order valence-electron chi connectivity index (χ3n) is 4.46. The van der Waals surface area contributed by atoms with Gasteiger partial charge in [0.1, 0.15) is 11.5 Å². The largest absolute Gasteiger partial charge is 0.464 e. The summed E-state index contributed by atoms with van der Waals surface area (Å²) in [4.78, 5) is 13.8. The van der Waals surface area contributed by atoms with Gasteiger partial charge in [0.05, 0.1) is 17.8 Å². The maximum Gasteiger partial charge on any atom is 0.253 e. The first-order valence-corrected chi connectivity index (χ1v) is 10.1. The minimum absolute atomic E-state index is 0.0515. The highest BCUT2D eigenvalue weighted by Crippen LogP contribution is 2.38. The third kappa shape index (κ3) is 4.95. The van der Waals surface area contributed by atoms with E-state index in [1.54, 1.807) is 25.1 Å². The van der Waals surface area contributed by atoms with Crippen molar-refractivity contribution >= 4 is 35.0 Å². The number of amides is 1. The Hall–Kier alpha value is -2.87. The van der Waals surface area contributed by atoms with Crippen LogP contribution in [0.1, 0.15) is 48.7 Å². The average molecular weight is 414 g/mol. The Bertz CT molecular complexity index is 987. The Morgan fingerprint density at radius 1 is 1.14 bits per heavy atom. The number of rotatable bonds is 6. The van der Waals surface area contributed by atoms with Gasteiger partial charge in [0.2, 0.25) is 0 Å². The normalized spacial score (nSPS) is 12.5. The van der Waals surface area contributed by atoms with Crippen LogP contribution in [0.3, 0.4) is 0 Å². The van der Waals surface area contributed by atoms with E-state index in [9.17, 15) is 4.79 Å². The highest BCUT2D eigenvalue weighted by molar-refractivity contribution is 6.99. The molecule has 0 aliphatic heterocycles. The van der Waals surface area contributed by atoms with E-state index >= 15 is 0 Å². The number of nitrogens with zero attached hydrogens (tertiary/aromatic N) is 3. The van der Waals surface area contributed by atoms with Gasteiger partial charge in [0.25, 0.3) is 5.91 Å². The van der Waals surface area contributed by atoms with Crippen molar-refractivity contribution in [3.05, 3.63) is 53.5 Å². The van der Waals surface area contributed by atoms with Gasteiger partial charge < -0.3 is 20.0 Å². The number of hydrogen-bond donors (Lipinski definition) is 2. The third-order valence-corrected chi connectivity index (χ3v) is 4.99. The molecule has 2 aromatic heterocycles. The molecule has 0 spiro atoms. The molecule has 3 aromatic rings. The van der Waals surface area contributed by atoms with Crippen LogP contribution in [0.5, 0.6) is 0 Å². The smallest absolute Gasteiger partial charge is 0.253 e. The highest BCUT2D eigenvalue weighted by atomic mass is 32.1. The number of aromatic nitrogens is 2. The minimum atomic E-state index is -0.108. The summed E-state index contributed by atoms with van der Waals surface area (Å²) in [6, 6.07) is 11.2. The van der Waals surface area contributed by atoms with Crippen LogP contribution in [0.4, 0.5) is 17.3 Å². The SMILES string of the molecule is Cc1ccc([C@H](Nc2nsnc2Nc2cccc(C(=O)N(C)C)c2)C(C)(C)C)o1. The fourth-order valence-electron chi connectivity index (χ4n) is 2.95. The lowest BCUT2D eigenvalue weighted by Crippen LogP contribution is -2.25. The van der Waals surface area contributed by atoms with Gasteiger partial charge >= 0.3 is 0 Å². The van der Waals surface area contributed by atoms with Crippen LogP contribution in [0.15, 0.2) is 40.8 Å². The van der Waals surface area contributed by atoms with Crippen molar-refractivity contribution in [2.45, 2.75) is 33.7 Å². The molecule has 0 aliphatic rings. The summed E-state index contributed by atoms with van der Waals surface area (Å²) in [6.45, 7) is 8.37. The molecule has 0 saturated carbocycles. The zero-order valence-electron chi connectivity index (χ0n) is 17.6. The molecule has 8 heteroatoms. The summed E-state index contributed by atoms with van der Waals surface area (Å²) in [5, 5.41) is 6.75. The average Bonchev–Trinajstić information content (AvgIpc) is 3.27. The van der Waals surface area contributed by atoms with Crippen molar-refractivity contribution in [2.24, 2.45) is 5.41 Å². The van der Waals surface area contributed by atoms with Gasteiger partial charge in [0.15, 0.2) is 11.6 Å². The van der Waals surface area contributed by atoms with Crippen molar-refractivity contribution in [3.63, 3.8) is 0 Å². The van der Waals surface area contributed by atoms with Gasteiger partial charge in [-0.05, 0) is 42.7 Å². The number of carbonyl (C=O) groups excluding carboxylic acids is 1. The number of anilines is 3. The van der Waals surface area contributed by atoms with E-state index in [-0.39, 0.29) is 17.4 Å². The van der Waals surface area contributed by atoms with Crippen molar-refractivity contribution in [1.29, 1.82) is 0 Å². The van der Waals surface area contributed by atoms with Gasteiger partial charge in [-0.15, -0.1) is 0 Å². The monoisotopic (exact) mass is 413 g/mol. The lowest BCUT2D eigenvalue weighted by atomic mass is 9.85. The summed E-state index contributed by atoms with van der Waals surface area (Å²) in [6.07, 6.45) is 0. The highest BCUT2D eigenvalue weighted by Gasteiger charge is 2.30. The van der Waals surface area contributed by atoms with E-state index in [4.69, 9.17) is 4.42 Å². The quantitative estimate of drug-likeness (QED) is 0.586. The number of carbonyl (C=O) groups is 1. The molecule has 3 rings (SSSR count). The lowest BCUT2D eigenvalue weighted by Gasteiger charge is -2.30. The minimum Gasteiger partial charge on any atom is -0.464 e. The molecule has 1 amide bonds. The zero-order valence-corrected chi connectivity index (χ0v) is 18.4. The van der Waals surface area contributed by atoms with E-state index < -0.39 is 0 Å². The molecule has 154 valence electrons. The van der Waals surface area contributed by atoms with E-state index in [0.717, 1.165) is 28.9 Å². The number of aryl methyl sites for hydroxylation is 1. The second-order valence-corrected chi connectivity index (χ2v) is 8.79. The molecule has 7 nitrogen and oxygen atoms in total. The van der Waals surface area contributed by atoms with Crippen LogP contribution in [0.25, 0.3) is 0 Å². The first-order chi connectivity index (χ1) is 13.6. The molecule has 1 atom stereocenters. The van der Waals surface area contributed by atoms with Crippen molar-refractivity contribution in [3.8, 4) is 0 Å². The molecular formula is C21H27N5O2S.